The number of likely N-dealkylation sites (tertiary alicyclic amines) is 1. The van der Waals surface area contributed by atoms with Gasteiger partial charge in [-0.05, 0) is 49.4 Å². The predicted octanol–water partition coefficient (Wildman–Crippen LogP) is 1.77. The number of aliphatic hydroxyl groups excluding tert-OH is 1. The molecular formula is C16H23NO3. The molecule has 2 heterocycles. The lowest BCUT2D eigenvalue weighted by molar-refractivity contribution is 0.0831. The van der Waals surface area contributed by atoms with E-state index in [2.05, 4.69) is 24.0 Å². The largest absolute Gasteiger partial charge is 0.486 e. The Morgan fingerprint density at radius 3 is 2.50 bits per heavy atom. The van der Waals surface area contributed by atoms with Crippen molar-refractivity contribution in [1.29, 1.82) is 0 Å². The van der Waals surface area contributed by atoms with Crippen LogP contribution < -0.4 is 9.47 Å². The van der Waals surface area contributed by atoms with E-state index < -0.39 is 0 Å². The molecule has 0 saturated carbocycles. The Hall–Kier alpha value is -1.26. The Balaban J connectivity index is 1.62. The molecule has 1 fully saturated rings. The van der Waals surface area contributed by atoms with Crippen LogP contribution in [0.3, 0.4) is 0 Å². The van der Waals surface area contributed by atoms with Gasteiger partial charge in [-0.25, -0.2) is 0 Å². The number of aryl methyl sites for hydroxylation is 1. The molecule has 0 bridgehead atoms. The monoisotopic (exact) mass is 277 g/mol. The lowest BCUT2D eigenvalue weighted by atomic mass is 10.0. The Kier molecular flexibility index (Phi) is 4.13. The van der Waals surface area contributed by atoms with Crippen LogP contribution in [0.15, 0.2) is 12.1 Å². The third-order valence-corrected chi connectivity index (χ3v) is 4.26. The molecule has 3 rings (SSSR count). The summed E-state index contributed by atoms with van der Waals surface area (Å²) in [6, 6.07) is 4.21. The first-order chi connectivity index (χ1) is 9.72. The lowest BCUT2D eigenvalue weighted by Gasteiger charge is -2.29. The third-order valence-electron chi connectivity index (χ3n) is 4.26. The molecule has 1 aromatic carbocycles. The van der Waals surface area contributed by atoms with Gasteiger partial charge in [-0.2, -0.15) is 0 Å². The number of hydrogen-bond donors (Lipinski definition) is 1. The first-order valence-electron chi connectivity index (χ1n) is 7.52. The van der Waals surface area contributed by atoms with Crippen LogP contribution in [0.4, 0.5) is 0 Å². The molecule has 110 valence electrons. The van der Waals surface area contributed by atoms with Gasteiger partial charge in [-0.15, -0.1) is 0 Å². The fourth-order valence-electron chi connectivity index (χ4n) is 2.92. The van der Waals surface area contributed by atoms with Crippen molar-refractivity contribution >= 4 is 0 Å². The van der Waals surface area contributed by atoms with Crippen LogP contribution in [-0.2, 0) is 6.42 Å². The number of piperidine rings is 1. The number of ether oxygens (including phenoxy) is 2. The molecule has 0 aliphatic carbocycles. The maximum Gasteiger partial charge on any atom is 0.161 e. The summed E-state index contributed by atoms with van der Waals surface area (Å²) < 4.78 is 11.3. The smallest absolute Gasteiger partial charge is 0.161 e. The molecule has 4 nitrogen and oxygen atoms in total. The molecule has 0 radical (unpaired) electrons. The highest BCUT2D eigenvalue weighted by atomic mass is 16.6. The van der Waals surface area contributed by atoms with E-state index in [1.807, 2.05) is 0 Å². The van der Waals surface area contributed by atoms with E-state index in [1.165, 1.54) is 11.1 Å². The van der Waals surface area contributed by atoms with E-state index in [-0.39, 0.29) is 6.10 Å². The summed E-state index contributed by atoms with van der Waals surface area (Å²) >= 11 is 0. The van der Waals surface area contributed by atoms with Gasteiger partial charge in [0.1, 0.15) is 13.2 Å². The molecule has 0 amide bonds. The van der Waals surface area contributed by atoms with E-state index in [1.54, 1.807) is 0 Å². The van der Waals surface area contributed by atoms with Crippen molar-refractivity contribution in [2.75, 3.05) is 32.8 Å². The second-order valence-electron chi connectivity index (χ2n) is 5.75. The van der Waals surface area contributed by atoms with E-state index in [9.17, 15) is 5.11 Å². The maximum atomic E-state index is 9.53. The van der Waals surface area contributed by atoms with Crippen LogP contribution >= 0.6 is 0 Å². The van der Waals surface area contributed by atoms with E-state index in [0.717, 1.165) is 50.4 Å². The first kappa shape index (κ1) is 13.7. The molecule has 4 heteroatoms. The Morgan fingerprint density at radius 2 is 1.80 bits per heavy atom. The molecular weight excluding hydrogens is 254 g/mol. The normalized spacial score (nSPS) is 20.1. The molecule has 0 unspecified atom stereocenters. The quantitative estimate of drug-likeness (QED) is 0.914. The zero-order chi connectivity index (χ0) is 13.9. The minimum atomic E-state index is -0.0951. The molecule has 1 N–H and O–H groups in total. The summed E-state index contributed by atoms with van der Waals surface area (Å²) in [7, 11) is 0. The molecule has 2 aliphatic rings. The highest BCUT2D eigenvalue weighted by Gasteiger charge is 2.18. The summed E-state index contributed by atoms with van der Waals surface area (Å²) in [6.45, 7) is 6.47. The number of benzene rings is 1. The Labute approximate surface area is 120 Å². The highest BCUT2D eigenvalue weighted by Crippen LogP contribution is 2.33. The number of rotatable bonds is 3. The number of fused-ring (bicyclic) bond motifs is 1. The summed E-state index contributed by atoms with van der Waals surface area (Å²) in [6.07, 6.45) is 2.74. The van der Waals surface area contributed by atoms with Crippen molar-refractivity contribution in [1.82, 2.24) is 4.90 Å². The molecule has 1 saturated heterocycles. The van der Waals surface area contributed by atoms with Gasteiger partial charge in [0.05, 0.1) is 6.10 Å². The zero-order valence-corrected chi connectivity index (χ0v) is 12.1. The topological polar surface area (TPSA) is 41.9 Å². The fraction of sp³-hybridized carbons (Fsp3) is 0.625. The van der Waals surface area contributed by atoms with Crippen molar-refractivity contribution in [3.8, 4) is 11.5 Å². The summed E-state index contributed by atoms with van der Waals surface area (Å²) in [5, 5.41) is 9.53. The van der Waals surface area contributed by atoms with Gasteiger partial charge in [0.15, 0.2) is 11.5 Å². The van der Waals surface area contributed by atoms with Crippen LogP contribution in [0.5, 0.6) is 11.5 Å². The van der Waals surface area contributed by atoms with E-state index in [4.69, 9.17) is 9.47 Å². The average molecular weight is 277 g/mol. The number of nitrogens with zero attached hydrogens (tertiary/aromatic N) is 1. The van der Waals surface area contributed by atoms with Gasteiger partial charge in [-0.1, -0.05) is 0 Å². The lowest BCUT2D eigenvalue weighted by Crippen LogP contribution is -2.37. The van der Waals surface area contributed by atoms with Crippen LogP contribution in [0.1, 0.15) is 24.0 Å². The standard InChI is InChI=1S/C16H23NO3/c1-12-10-15-16(20-9-8-19-15)11-13(12)2-5-17-6-3-14(18)4-7-17/h10-11,14,18H,2-9H2,1H3. The van der Waals surface area contributed by atoms with Gasteiger partial charge in [0.2, 0.25) is 0 Å². The number of hydrogen-bond acceptors (Lipinski definition) is 4. The zero-order valence-electron chi connectivity index (χ0n) is 12.1. The maximum absolute atomic E-state index is 9.53. The second kappa shape index (κ2) is 6.02. The Morgan fingerprint density at radius 1 is 1.15 bits per heavy atom. The molecule has 20 heavy (non-hydrogen) atoms. The van der Waals surface area contributed by atoms with Gasteiger partial charge < -0.3 is 19.5 Å². The first-order valence-corrected chi connectivity index (χ1v) is 7.52. The minimum absolute atomic E-state index is 0.0951. The van der Waals surface area contributed by atoms with Crippen molar-refractivity contribution in [2.24, 2.45) is 0 Å². The fourth-order valence-corrected chi connectivity index (χ4v) is 2.92. The summed E-state index contributed by atoms with van der Waals surface area (Å²) in [5.41, 5.74) is 2.60. The van der Waals surface area contributed by atoms with Crippen molar-refractivity contribution < 1.29 is 14.6 Å². The van der Waals surface area contributed by atoms with Crippen molar-refractivity contribution in [2.45, 2.75) is 32.3 Å². The van der Waals surface area contributed by atoms with Gasteiger partial charge >= 0.3 is 0 Å². The Bertz CT molecular complexity index is 467. The van der Waals surface area contributed by atoms with Crippen LogP contribution in [-0.4, -0.2) is 49.0 Å². The molecule has 0 aromatic heterocycles. The van der Waals surface area contributed by atoms with Gasteiger partial charge in [0.25, 0.3) is 0 Å². The minimum Gasteiger partial charge on any atom is -0.486 e. The van der Waals surface area contributed by atoms with Gasteiger partial charge in [-0.3, -0.25) is 0 Å². The van der Waals surface area contributed by atoms with E-state index in [0.29, 0.717) is 13.2 Å². The van der Waals surface area contributed by atoms with Crippen LogP contribution in [0.25, 0.3) is 0 Å². The van der Waals surface area contributed by atoms with Crippen LogP contribution in [0.2, 0.25) is 0 Å². The summed E-state index contributed by atoms with van der Waals surface area (Å²) in [5.74, 6) is 1.75. The SMILES string of the molecule is Cc1cc2c(cc1CCN1CCC(O)CC1)OCCO2. The summed E-state index contributed by atoms with van der Waals surface area (Å²) in [4.78, 5) is 2.43. The van der Waals surface area contributed by atoms with E-state index >= 15 is 0 Å². The van der Waals surface area contributed by atoms with Crippen molar-refractivity contribution in [3.63, 3.8) is 0 Å². The molecule has 1 aromatic rings. The van der Waals surface area contributed by atoms with Gasteiger partial charge in [0, 0.05) is 19.6 Å². The molecule has 0 atom stereocenters. The number of aliphatic hydroxyl groups is 1. The average Bonchev–Trinajstić information content (AvgIpc) is 2.47. The third kappa shape index (κ3) is 3.07. The second-order valence-corrected chi connectivity index (χ2v) is 5.75. The van der Waals surface area contributed by atoms with Crippen molar-refractivity contribution in [3.05, 3.63) is 23.3 Å². The predicted molar refractivity (Wildman–Crippen MR) is 77.6 cm³/mol. The molecule has 0 spiro atoms. The van der Waals surface area contributed by atoms with Crippen LogP contribution in [0, 0.1) is 6.92 Å². The molecule has 2 aliphatic heterocycles. The highest BCUT2D eigenvalue weighted by molar-refractivity contribution is 5.47.